The first kappa shape index (κ1) is 19.8. The molecule has 7 nitrogen and oxygen atoms in total. The number of amides is 2. The van der Waals surface area contributed by atoms with Crippen molar-refractivity contribution in [1.82, 2.24) is 5.32 Å². The number of hydrogen-bond donors (Lipinski definition) is 2. The monoisotopic (exact) mass is 368 g/mol. The molecule has 0 heterocycles. The SMILES string of the molecule is CC(=O)c1ccc(NC(=O)COC(=O)CNC(=O)c2cccc(C)c2)cc1. The summed E-state index contributed by atoms with van der Waals surface area (Å²) in [6.07, 6.45) is 0. The smallest absolute Gasteiger partial charge is 0.325 e. The second-order valence-electron chi connectivity index (χ2n) is 5.89. The third-order valence-corrected chi connectivity index (χ3v) is 3.61. The summed E-state index contributed by atoms with van der Waals surface area (Å²) in [6.45, 7) is 2.49. The van der Waals surface area contributed by atoms with Crippen molar-refractivity contribution in [3.63, 3.8) is 0 Å². The Hall–Kier alpha value is -3.48. The molecule has 2 aromatic carbocycles. The maximum absolute atomic E-state index is 11.9. The summed E-state index contributed by atoms with van der Waals surface area (Å²) in [5, 5.41) is 4.98. The predicted molar refractivity (Wildman–Crippen MR) is 99.5 cm³/mol. The van der Waals surface area contributed by atoms with Crippen LogP contribution in [0.15, 0.2) is 48.5 Å². The number of hydrogen-bond acceptors (Lipinski definition) is 5. The fourth-order valence-corrected chi connectivity index (χ4v) is 2.22. The molecule has 0 atom stereocenters. The van der Waals surface area contributed by atoms with Crippen LogP contribution in [0.5, 0.6) is 0 Å². The molecular weight excluding hydrogens is 348 g/mol. The average molecular weight is 368 g/mol. The highest BCUT2D eigenvalue weighted by Crippen LogP contribution is 2.10. The second kappa shape index (κ2) is 9.28. The number of carbonyl (C=O) groups is 4. The lowest BCUT2D eigenvalue weighted by Crippen LogP contribution is -2.32. The third kappa shape index (κ3) is 6.39. The van der Waals surface area contributed by atoms with Gasteiger partial charge in [0.1, 0.15) is 6.54 Å². The number of carbonyl (C=O) groups excluding carboxylic acids is 4. The van der Waals surface area contributed by atoms with Gasteiger partial charge in [0.15, 0.2) is 12.4 Å². The molecule has 0 aliphatic heterocycles. The molecule has 2 amide bonds. The molecule has 0 fully saturated rings. The molecule has 0 aliphatic carbocycles. The molecular formula is C20H20N2O5. The number of esters is 1. The zero-order chi connectivity index (χ0) is 19.8. The van der Waals surface area contributed by atoms with Crippen LogP contribution in [-0.4, -0.2) is 36.7 Å². The van der Waals surface area contributed by atoms with Crippen LogP contribution < -0.4 is 10.6 Å². The minimum atomic E-state index is -0.724. The number of benzene rings is 2. The van der Waals surface area contributed by atoms with Crippen LogP contribution in [0.1, 0.15) is 33.2 Å². The second-order valence-corrected chi connectivity index (χ2v) is 5.89. The zero-order valence-corrected chi connectivity index (χ0v) is 15.1. The van der Waals surface area contributed by atoms with Gasteiger partial charge in [-0.25, -0.2) is 0 Å². The van der Waals surface area contributed by atoms with E-state index in [0.717, 1.165) is 5.56 Å². The van der Waals surface area contributed by atoms with Gasteiger partial charge >= 0.3 is 5.97 Å². The maximum Gasteiger partial charge on any atom is 0.325 e. The van der Waals surface area contributed by atoms with Crippen LogP contribution in [0.3, 0.4) is 0 Å². The van der Waals surface area contributed by atoms with Crippen LogP contribution >= 0.6 is 0 Å². The van der Waals surface area contributed by atoms with E-state index in [2.05, 4.69) is 10.6 Å². The summed E-state index contributed by atoms with van der Waals surface area (Å²) in [4.78, 5) is 46.6. The Labute approximate surface area is 156 Å². The van der Waals surface area contributed by atoms with Crippen molar-refractivity contribution in [2.24, 2.45) is 0 Å². The molecule has 27 heavy (non-hydrogen) atoms. The van der Waals surface area contributed by atoms with Gasteiger partial charge in [0.2, 0.25) is 0 Å². The molecule has 0 saturated heterocycles. The van der Waals surface area contributed by atoms with Gasteiger partial charge in [0, 0.05) is 16.8 Å². The Morgan fingerprint density at radius 3 is 2.30 bits per heavy atom. The molecule has 0 radical (unpaired) electrons. The van der Waals surface area contributed by atoms with E-state index in [0.29, 0.717) is 16.8 Å². The van der Waals surface area contributed by atoms with E-state index in [-0.39, 0.29) is 12.3 Å². The van der Waals surface area contributed by atoms with Crippen LogP contribution in [0.25, 0.3) is 0 Å². The summed E-state index contributed by atoms with van der Waals surface area (Å²) in [6, 6.07) is 13.3. The van der Waals surface area contributed by atoms with Crippen molar-refractivity contribution in [2.45, 2.75) is 13.8 Å². The number of ketones is 1. The fourth-order valence-electron chi connectivity index (χ4n) is 2.22. The maximum atomic E-state index is 11.9. The van der Waals surface area contributed by atoms with E-state index in [9.17, 15) is 19.2 Å². The van der Waals surface area contributed by atoms with Gasteiger partial charge in [0.05, 0.1) is 0 Å². The highest BCUT2D eigenvalue weighted by molar-refractivity contribution is 5.97. The predicted octanol–water partition coefficient (Wildman–Crippen LogP) is 2.11. The van der Waals surface area contributed by atoms with E-state index in [1.54, 1.807) is 42.5 Å². The van der Waals surface area contributed by atoms with Gasteiger partial charge in [-0.15, -0.1) is 0 Å². The summed E-state index contributed by atoms with van der Waals surface area (Å²) >= 11 is 0. The first-order valence-electron chi connectivity index (χ1n) is 8.26. The first-order valence-corrected chi connectivity index (χ1v) is 8.26. The normalized spacial score (nSPS) is 10.0. The van der Waals surface area contributed by atoms with Crippen molar-refractivity contribution < 1.29 is 23.9 Å². The van der Waals surface area contributed by atoms with Crippen LogP contribution in [0.4, 0.5) is 5.69 Å². The molecule has 2 N–H and O–H groups in total. The first-order chi connectivity index (χ1) is 12.8. The van der Waals surface area contributed by atoms with Gasteiger partial charge in [-0.3, -0.25) is 19.2 Å². The largest absolute Gasteiger partial charge is 0.454 e. The fraction of sp³-hybridized carbons (Fsp3) is 0.200. The molecule has 0 unspecified atom stereocenters. The Kier molecular flexibility index (Phi) is 6.82. The van der Waals surface area contributed by atoms with Crippen molar-refractivity contribution in [2.75, 3.05) is 18.5 Å². The minimum absolute atomic E-state index is 0.0745. The Morgan fingerprint density at radius 1 is 0.963 bits per heavy atom. The minimum Gasteiger partial charge on any atom is -0.454 e. The van der Waals surface area contributed by atoms with Crippen LogP contribution in [0, 0.1) is 6.92 Å². The van der Waals surface area contributed by atoms with Crippen molar-refractivity contribution >= 4 is 29.3 Å². The standard InChI is InChI=1S/C20H20N2O5/c1-13-4-3-5-16(10-13)20(26)21-11-19(25)27-12-18(24)22-17-8-6-15(7-9-17)14(2)23/h3-10H,11-12H2,1-2H3,(H,21,26)(H,22,24). The highest BCUT2D eigenvalue weighted by atomic mass is 16.5. The molecule has 0 spiro atoms. The van der Waals surface area contributed by atoms with Gasteiger partial charge in [0.25, 0.3) is 11.8 Å². The zero-order valence-electron chi connectivity index (χ0n) is 15.1. The van der Waals surface area contributed by atoms with E-state index in [4.69, 9.17) is 4.74 Å². The van der Waals surface area contributed by atoms with Gasteiger partial charge < -0.3 is 15.4 Å². The number of aryl methyl sites for hydroxylation is 1. The summed E-state index contributed by atoms with van der Waals surface area (Å²) < 4.78 is 4.83. The van der Waals surface area contributed by atoms with Gasteiger partial charge in [-0.05, 0) is 50.2 Å². The van der Waals surface area contributed by atoms with Crippen LogP contribution in [0.2, 0.25) is 0 Å². The quantitative estimate of drug-likeness (QED) is 0.576. The van der Waals surface area contributed by atoms with Crippen molar-refractivity contribution in [3.8, 4) is 0 Å². The molecule has 7 heteroatoms. The number of rotatable bonds is 7. The average Bonchev–Trinajstić information content (AvgIpc) is 2.64. The number of ether oxygens (including phenoxy) is 1. The summed E-state index contributed by atoms with van der Waals surface area (Å²) in [5.74, 6) is -1.72. The van der Waals surface area contributed by atoms with Gasteiger partial charge in [-0.1, -0.05) is 17.7 Å². The summed E-state index contributed by atoms with van der Waals surface area (Å²) in [7, 11) is 0. The number of anilines is 1. The van der Waals surface area contributed by atoms with Crippen LogP contribution in [-0.2, 0) is 14.3 Å². The van der Waals surface area contributed by atoms with E-state index >= 15 is 0 Å². The lowest BCUT2D eigenvalue weighted by molar-refractivity contribution is -0.146. The van der Waals surface area contributed by atoms with E-state index in [1.165, 1.54) is 6.92 Å². The molecule has 140 valence electrons. The Balaban J connectivity index is 1.73. The molecule has 0 saturated carbocycles. The molecule has 2 aromatic rings. The Bertz CT molecular complexity index is 859. The summed E-state index contributed by atoms with van der Waals surface area (Å²) in [5.41, 5.74) is 2.38. The molecule has 0 bridgehead atoms. The number of Topliss-reactive ketones (excluding diaryl/α,β-unsaturated/α-hetero) is 1. The van der Waals surface area contributed by atoms with Gasteiger partial charge in [-0.2, -0.15) is 0 Å². The lowest BCUT2D eigenvalue weighted by atomic mass is 10.1. The Morgan fingerprint density at radius 2 is 1.67 bits per heavy atom. The van der Waals surface area contributed by atoms with E-state index in [1.807, 2.05) is 13.0 Å². The third-order valence-electron chi connectivity index (χ3n) is 3.61. The van der Waals surface area contributed by atoms with E-state index < -0.39 is 24.4 Å². The van der Waals surface area contributed by atoms with Crippen molar-refractivity contribution in [3.05, 3.63) is 65.2 Å². The topological polar surface area (TPSA) is 102 Å². The molecule has 0 aliphatic rings. The molecule has 2 rings (SSSR count). The van der Waals surface area contributed by atoms with Crippen molar-refractivity contribution in [1.29, 1.82) is 0 Å². The molecule has 0 aromatic heterocycles. The highest BCUT2D eigenvalue weighted by Gasteiger charge is 2.11. The lowest BCUT2D eigenvalue weighted by Gasteiger charge is -2.08. The number of nitrogens with one attached hydrogen (secondary N) is 2.